The topological polar surface area (TPSA) is 38.0 Å². The van der Waals surface area contributed by atoms with Crippen LogP contribution in [0.4, 0.5) is 0 Å². The lowest BCUT2D eigenvalue weighted by molar-refractivity contribution is 0.178. The van der Waals surface area contributed by atoms with E-state index in [-0.39, 0.29) is 0 Å². The number of rotatable bonds is 5. The molecule has 2 heterocycles. The predicted molar refractivity (Wildman–Crippen MR) is 85.7 cm³/mol. The molecule has 0 saturated carbocycles. The number of hydrogen-bond donors (Lipinski definition) is 1. The molecule has 2 rings (SSSR count). The van der Waals surface area contributed by atoms with Crippen LogP contribution < -0.4 is 0 Å². The highest BCUT2D eigenvalue weighted by Gasteiger charge is 2.20. The Morgan fingerprint density at radius 3 is 2.68 bits per heavy atom. The summed E-state index contributed by atoms with van der Waals surface area (Å²) in [7, 11) is 0. The number of hydrogen-bond acceptors (Lipinski definition) is 3. The quantitative estimate of drug-likeness (QED) is 0.800. The van der Waals surface area contributed by atoms with Gasteiger partial charge in [-0.2, -0.15) is 5.10 Å². The maximum Gasteiger partial charge on any atom is 0.0948 e. The molecule has 6 heteroatoms. The van der Waals surface area contributed by atoms with Gasteiger partial charge in [0, 0.05) is 22.3 Å². The average Bonchev–Trinajstić information content (AvgIpc) is 2.95. The molecule has 1 atom stereocenters. The highest BCUT2D eigenvalue weighted by molar-refractivity contribution is 9.10. The highest BCUT2D eigenvalue weighted by Crippen LogP contribution is 2.33. The average molecular weight is 408 g/mol. The maximum atomic E-state index is 10.4. The van der Waals surface area contributed by atoms with Crippen LogP contribution in [0.2, 0.25) is 0 Å². The molecule has 0 aromatic carbocycles. The van der Waals surface area contributed by atoms with E-state index in [2.05, 4.69) is 50.8 Å². The Morgan fingerprint density at radius 2 is 2.16 bits per heavy atom. The van der Waals surface area contributed by atoms with Crippen LogP contribution in [-0.4, -0.2) is 14.9 Å². The number of halogens is 2. The van der Waals surface area contributed by atoms with Crippen LogP contribution in [0, 0.1) is 0 Å². The summed E-state index contributed by atoms with van der Waals surface area (Å²) in [5, 5.41) is 16.9. The Labute approximate surface area is 133 Å². The molecule has 1 N–H and O–H groups in total. The summed E-state index contributed by atoms with van der Waals surface area (Å²) in [6.07, 6.45) is 0.956. The standard InChI is InChI=1S/C13H16Br2N2OS/c1-3-9-12(15)10(17(4-2)16-9)7-11(18)13-8(14)5-6-19-13/h5-6,11,18H,3-4,7H2,1-2H3. The summed E-state index contributed by atoms with van der Waals surface area (Å²) < 4.78 is 3.97. The van der Waals surface area contributed by atoms with Gasteiger partial charge in [0.25, 0.3) is 0 Å². The molecule has 0 aliphatic carbocycles. The van der Waals surface area contributed by atoms with Gasteiger partial charge in [0.2, 0.25) is 0 Å². The summed E-state index contributed by atoms with van der Waals surface area (Å²) >= 11 is 8.65. The number of aromatic nitrogens is 2. The minimum atomic E-state index is -0.502. The molecular formula is C13H16Br2N2OS. The first-order valence-electron chi connectivity index (χ1n) is 6.23. The fourth-order valence-corrected chi connectivity index (χ4v) is 4.38. The minimum Gasteiger partial charge on any atom is -0.387 e. The summed E-state index contributed by atoms with van der Waals surface area (Å²) in [6.45, 7) is 4.96. The number of aliphatic hydroxyl groups is 1. The van der Waals surface area contributed by atoms with Gasteiger partial charge in [-0.05, 0) is 56.7 Å². The van der Waals surface area contributed by atoms with Crippen molar-refractivity contribution in [2.75, 3.05) is 0 Å². The van der Waals surface area contributed by atoms with E-state index in [0.29, 0.717) is 6.42 Å². The predicted octanol–water partition coefficient (Wildman–Crippen LogP) is 4.33. The Kier molecular flexibility index (Phi) is 5.22. The second kappa shape index (κ2) is 6.52. The number of thiophene rings is 1. The highest BCUT2D eigenvalue weighted by atomic mass is 79.9. The van der Waals surface area contributed by atoms with Crippen molar-refractivity contribution in [1.82, 2.24) is 9.78 Å². The van der Waals surface area contributed by atoms with E-state index >= 15 is 0 Å². The van der Waals surface area contributed by atoms with Gasteiger partial charge >= 0.3 is 0 Å². The zero-order chi connectivity index (χ0) is 14.0. The molecule has 0 bridgehead atoms. The Hall–Kier alpha value is -0.170. The molecule has 1 unspecified atom stereocenters. The molecule has 19 heavy (non-hydrogen) atoms. The van der Waals surface area contributed by atoms with Gasteiger partial charge in [0.15, 0.2) is 0 Å². The van der Waals surface area contributed by atoms with E-state index in [1.807, 2.05) is 16.1 Å². The minimum absolute atomic E-state index is 0.502. The van der Waals surface area contributed by atoms with Crippen LogP contribution in [0.5, 0.6) is 0 Å². The van der Waals surface area contributed by atoms with Gasteiger partial charge in [0.05, 0.1) is 22.0 Å². The van der Waals surface area contributed by atoms with E-state index in [0.717, 1.165) is 38.2 Å². The Bertz CT molecular complexity index is 565. The number of nitrogens with zero attached hydrogens (tertiary/aromatic N) is 2. The molecule has 2 aromatic rings. The molecule has 0 aliphatic heterocycles. The van der Waals surface area contributed by atoms with Gasteiger partial charge in [0.1, 0.15) is 0 Å². The van der Waals surface area contributed by atoms with E-state index in [4.69, 9.17) is 0 Å². The summed E-state index contributed by atoms with van der Waals surface area (Å²) in [5.41, 5.74) is 2.11. The summed E-state index contributed by atoms with van der Waals surface area (Å²) in [4.78, 5) is 0.966. The lowest BCUT2D eigenvalue weighted by Gasteiger charge is -2.11. The van der Waals surface area contributed by atoms with Crippen molar-refractivity contribution in [2.45, 2.75) is 39.3 Å². The van der Waals surface area contributed by atoms with Crippen molar-refractivity contribution in [3.8, 4) is 0 Å². The second-order valence-corrected chi connectivity index (χ2v) is 6.82. The monoisotopic (exact) mass is 406 g/mol. The second-order valence-electron chi connectivity index (χ2n) is 4.23. The first kappa shape index (κ1) is 15.2. The lowest BCUT2D eigenvalue weighted by Crippen LogP contribution is -2.08. The normalized spacial score (nSPS) is 12.9. The largest absolute Gasteiger partial charge is 0.387 e. The molecule has 0 saturated heterocycles. The molecular weight excluding hydrogens is 392 g/mol. The number of aliphatic hydroxyl groups excluding tert-OH is 1. The van der Waals surface area contributed by atoms with Gasteiger partial charge in [-0.15, -0.1) is 11.3 Å². The van der Waals surface area contributed by atoms with Crippen molar-refractivity contribution in [3.05, 3.63) is 36.7 Å². The van der Waals surface area contributed by atoms with Crippen LogP contribution in [0.15, 0.2) is 20.4 Å². The van der Waals surface area contributed by atoms with Crippen molar-refractivity contribution < 1.29 is 5.11 Å². The first-order chi connectivity index (χ1) is 9.08. The molecule has 3 nitrogen and oxygen atoms in total. The molecule has 0 amide bonds. The van der Waals surface area contributed by atoms with Crippen LogP contribution in [-0.2, 0) is 19.4 Å². The first-order valence-corrected chi connectivity index (χ1v) is 8.70. The zero-order valence-corrected chi connectivity index (χ0v) is 14.8. The summed E-state index contributed by atoms with van der Waals surface area (Å²) in [6, 6.07) is 1.97. The third-order valence-corrected chi connectivity index (χ3v) is 5.92. The zero-order valence-electron chi connectivity index (χ0n) is 10.9. The van der Waals surface area contributed by atoms with Crippen molar-refractivity contribution in [2.24, 2.45) is 0 Å². The van der Waals surface area contributed by atoms with E-state index in [9.17, 15) is 5.11 Å². The van der Waals surface area contributed by atoms with Crippen molar-refractivity contribution in [1.29, 1.82) is 0 Å². The molecule has 0 aliphatic rings. The van der Waals surface area contributed by atoms with Crippen molar-refractivity contribution in [3.63, 3.8) is 0 Å². The molecule has 0 radical (unpaired) electrons. The summed E-state index contributed by atoms with van der Waals surface area (Å²) in [5.74, 6) is 0. The molecule has 104 valence electrons. The van der Waals surface area contributed by atoms with Gasteiger partial charge in [-0.1, -0.05) is 6.92 Å². The van der Waals surface area contributed by atoms with E-state index < -0.39 is 6.10 Å². The third kappa shape index (κ3) is 3.12. The smallest absolute Gasteiger partial charge is 0.0948 e. The Balaban J connectivity index is 2.28. The SMILES string of the molecule is CCc1nn(CC)c(CC(O)c2sccc2Br)c1Br. The third-order valence-electron chi connectivity index (χ3n) is 3.03. The lowest BCUT2D eigenvalue weighted by atomic mass is 10.1. The van der Waals surface area contributed by atoms with Crippen LogP contribution in [0.3, 0.4) is 0 Å². The fourth-order valence-electron chi connectivity index (χ4n) is 2.03. The van der Waals surface area contributed by atoms with E-state index in [1.54, 1.807) is 11.3 Å². The van der Waals surface area contributed by atoms with Crippen LogP contribution in [0.1, 0.15) is 36.2 Å². The Morgan fingerprint density at radius 1 is 1.42 bits per heavy atom. The van der Waals surface area contributed by atoms with Gasteiger partial charge in [-0.3, -0.25) is 4.68 Å². The van der Waals surface area contributed by atoms with Crippen molar-refractivity contribution >= 4 is 43.2 Å². The molecule has 0 fully saturated rings. The van der Waals surface area contributed by atoms with Crippen LogP contribution in [0.25, 0.3) is 0 Å². The van der Waals surface area contributed by atoms with Crippen LogP contribution >= 0.6 is 43.2 Å². The van der Waals surface area contributed by atoms with Gasteiger partial charge in [-0.25, -0.2) is 0 Å². The van der Waals surface area contributed by atoms with Gasteiger partial charge < -0.3 is 5.11 Å². The number of aryl methyl sites for hydroxylation is 2. The fraction of sp³-hybridized carbons (Fsp3) is 0.462. The maximum absolute atomic E-state index is 10.4. The molecule has 0 spiro atoms. The molecule has 2 aromatic heterocycles. The van der Waals surface area contributed by atoms with E-state index in [1.165, 1.54) is 0 Å².